The van der Waals surface area contributed by atoms with E-state index in [4.69, 9.17) is 27.8 Å². The maximum Gasteiger partial charge on any atom is 0.294 e. The van der Waals surface area contributed by atoms with Gasteiger partial charge in [-0.1, -0.05) is 23.2 Å². The Morgan fingerprint density at radius 2 is 1.87 bits per heavy atom. The minimum Gasteiger partial charge on any atom is -0.282 e. The third-order valence-electron chi connectivity index (χ3n) is 1.48. The summed E-state index contributed by atoms with van der Waals surface area (Å²) in [6.45, 7) is 0. The van der Waals surface area contributed by atoms with Gasteiger partial charge in [0.05, 0.1) is 9.95 Å². The Morgan fingerprint density at radius 1 is 1.33 bits per heavy atom. The summed E-state index contributed by atoms with van der Waals surface area (Å²) in [6.07, 6.45) is 0. The zero-order chi connectivity index (χ0) is 11.8. The van der Waals surface area contributed by atoms with Crippen LogP contribution in [0.15, 0.2) is 17.0 Å². The lowest BCUT2D eigenvalue weighted by Crippen LogP contribution is -2.00. The summed E-state index contributed by atoms with van der Waals surface area (Å²) in [7, 11) is -4.55. The number of halogens is 2. The summed E-state index contributed by atoms with van der Waals surface area (Å²) in [5, 5.41) is 9.74. The van der Waals surface area contributed by atoms with Crippen molar-refractivity contribution in [1.29, 1.82) is 0 Å². The molecule has 0 unspecified atom stereocenters. The second-order valence-electron chi connectivity index (χ2n) is 2.47. The first-order chi connectivity index (χ1) is 6.73. The Balaban J connectivity index is 3.57. The molecule has 0 radical (unpaired) electrons. The lowest BCUT2D eigenvalue weighted by atomic mass is 10.3. The molecule has 0 aliphatic rings. The van der Waals surface area contributed by atoms with Crippen molar-refractivity contribution in [1.82, 2.24) is 0 Å². The van der Waals surface area contributed by atoms with Gasteiger partial charge < -0.3 is 0 Å². The first kappa shape index (κ1) is 12.2. The summed E-state index contributed by atoms with van der Waals surface area (Å²) in [6, 6.07) is 1.45. The van der Waals surface area contributed by atoms with Crippen LogP contribution < -0.4 is 0 Å². The Hall–Kier alpha value is -0.890. The monoisotopic (exact) mass is 271 g/mol. The SMILES string of the molecule is O=[N+]([O-])c1cc(S(=O)(=O)O)cc(Cl)c1Cl. The smallest absolute Gasteiger partial charge is 0.282 e. The standard InChI is InChI=1S/C6H3Cl2NO5S/c7-4-1-3(15(12,13)14)2-5(6(4)8)9(10)11/h1-2H,(H,12,13,14). The Morgan fingerprint density at radius 3 is 2.27 bits per heavy atom. The van der Waals surface area contributed by atoms with Crippen LogP contribution in [0, 0.1) is 10.1 Å². The highest BCUT2D eigenvalue weighted by Gasteiger charge is 2.21. The van der Waals surface area contributed by atoms with E-state index in [0.29, 0.717) is 6.07 Å². The van der Waals surface area contributed by atoms with E-state index in [1.54, 1.807) is 0 Å². The topological polar surface area (TPSA) is 97.5 Å². The van der Waals surface area contributed by atoms with Crippen LogP contribution in [0.4, 0.5) is 5.69 Å². The van der Waals surface area contributed by atoms with Crippen molar-refractivity contribution in [3.8, 4) is 0 Å². The maximum absolute atomic E-state index is 10.7. The van der Waals surface area contributed by atoms with Crippen molar-refractivity contribution in [3.05, 3.63) is 32.3 Å². The number of nitro benzene ring substituents is 1. The molecule has 0 aliphatic carbocycles. The minimum absolute atomic E-state index is 0.321. The van der Waals surface area contributed by atoms with Gasteiger partial charge in [-0.2, -0.15) is 8.42 Å². The van der Waals surface area contributed by atoms with Crippen LogP contribution in [0.3, 0.4) is 0 Å². The zero-order valence-electron chi connectivity index (χ0n) is 6.85. The van der Waals surface area contributed by atoms with Crippen LogP contribution in [0.25, 0.3) is 0 Å². The number of hydrogen-bond donors (Lipinski definition) is 1. The molecule has 9 heteroatoms. The molecule has 0 aromatic heterocycles. The first-order valence-electron chi connectivity index (χ1n) is 3.34. The van der Waals surface area contributed by atoms with Gasteiger partial charge in [-0.25, -0.2) is 0 Å². The van der Waals surface area contributed by atoms with Gasteiger partial charge in [-0.3, -0.25) is 14.7 Å². The second kappa shape index (κ2) is 3.93. The van der Waals surface area contributed by atoms with E-state index >= 15 is 0 Å². The summed E-state index contributed by atoms with van der Waals surface area (Å²) in [5.74, 6) is 0. The summed E-state index contributed by atoms with van der Waals surface area (Å²) in [4.78, 5) is 8.86. The molecule has 0 saturated heterocycles. The van der Waals surface area contributed by atoms with Crippen LogP contribution in [0.5, 0.6) is 0 Å². The lowest BCUT2D eigenvalue weighted by Gasteiger charge is -2.01. The Bertz CT molecular complexity index is 527. The molecule has 0 spiro atoms. The number of benzene rings is 1. The molecule has 0 aliphatic heterocycles. The van der Waals surface area contributed by atoms with E-state index in [1.807, 2.05) is 0 Å². The summed E-state index contributed by atoms with van der Waals surface area (Å²) in [5.41, 5.74) is -0.684. The molecular weight excluding hydrogens is 269 g/mol. The van der Waals surface area contributed by atoms with Crippen LogP contribution in [-0.2, 0) is 10.1 Å². The third kappa shape index (κ3) is 2.57. The van der Waals surface area contributed by atoms with Gasteiger partial charge in [0, 0.05) is 6.07 Å². The van der Waals surface area contributed by atoms with Gasteiger partial charge in [0.25, 0.3) is 15.8 Å². The van der Waals surface area contributed by atoms with E-state index in [-0.39, 0.29) is 10.0 Å². The van der Waals surface area contributed by atoms with Crippen molar-refractivity contribution in [2.45, 2.75) is 4.90 Å². The molecule has 82 valence electrons. The largest absolute Gasteiger partial charge is 0.294 e. The Labute approximate surface area is 94.3 Å². The lowest BCUT2D eigenvalue weighted by molar-refractivity contribution is -0.384. The number of nitro groups is 1. The summed E-state index contributed by atoms with van der Waals surface area (Å²) < 4.78 is 30.1. The number of rotatable bonds is 2. The van der Waals surface area contributed by atoms with Gasteiger partial charge in [-0.15, -0.1) is 0 Å². The van der Waals surface area contributed by atoms with E-state index < -0.39 is 25.6 Å². The fraction of sp³-hybridized carbons (Fsp3) is 0. The highest BCUT2D eigenvalue weighted by atomic mass is 35.5. The molecule has 1 N–H and O–H groups in total. The van der Waals surface area contributed by atoms with Gasteiger partial charge in [0.15, 0.2) is 0 Å². The first-order valence-corrected chi connectivity index (χ1v) is 5.54. The van der Waals surface area contributed by atoms with E-state index in [2.05, 4.69) is 0 Å². The highest BCUT2D eigenvalue weighted by molar-refractivity contribution is 7.85. The molecule has 0 saturated carbocycles. The van der Waals surface area contributed by atoms with Crippen LogP contribution in [0.1, 0.15) is 0 Å². The van der Waals surface area contributed by atoms with Gasteiger partial charge in [0.2, 0.25) is 0 Å². The molecule has 15 heavy (non-hydrogen) atoms. The van der Waals surface area contributed by atoms with Crippen molar-refractivity contribution in [2.24, 2.45) is 0 Å². The third-order valence-corrected chi connectivity index (χ3v) is 3.10. The van der Waals surface area contributed by atoms with Gasteiger partial charge in [-0.05, 0) is 6.07 Å². The van der Waals surface area contributed by atoms with E-state index in [9.17, 15) is 18.5 Å². The Kier molecular flexibility index (Phi) is 3.19. The molecule has 0 amide bonds. The van der Waals surface area contributed by atoms with E-state index in [1.165, 1.54) is 0 Å². The van der Waals surface area contributed by atoms with Crippen LogP contribution in [0.2, 0.25) is 10.0 Å². The second-order valence-corrected chi connectivity index (χ2v) is 4.68. The molecule has 1 rings (SSSR count). The molecule has 1 aromatic carbocycles. The van der Waals surface area contributed by atoms with E-state index in [0.717, 1.165) is 6.07 Å². The average molecular weight is 272 g/mol. The minimum atomic E-state index is -4.55. The van der Waals surface area contributed by atoms with Crippen molar-refractivity contribution >= 4 is 39.0 Å². The normalized spacial score (nSPS) is 11.4. The average Bonchev–Trinajstić information content (AvgIpc) is 2.06. The summed E-state index contributed by atoms with van der Waals surface area (Å²) >= 11 is 10.9. The van der Waals surface area contributed by atoms with Crippen LogP contribution in [-0.4, -0.2) is 17.9 Å². The molecule has 0 heterocycles. The number of nitrogens with zero attached hydrogens (tertiary/aromatic N) is 1. The quantitative estimate of drug-likeness (QED) is 0.505. The molecule has 6 nitrogen and oxygen atoms in total. The van der Waals surface area contributed by atoms with Gasteiger partial charge in [0.1, 0.15) is 9.92 Å². The zero-order valence-corrected chi connectivity index (χ0v) is 9.17. The maximum atomic E-state index is 10.7. The molecular formula is C6H3Cl2NO5S. The molecule has 0 bridgehead atoms. The molecule has 0 fully saturated rings. The highest BCUT2D eigenvalue weighted by Crippen LogP contribution is 2.34. The van der Waals surface area contributed by atoms with Crippen molar-refractivity contribution in [3.63, 3.8) is 0 Å². The molecule has 0 atom stereocenters. The fourth-order valence-corrected chi connectivity index (χ4v) is 1.82. The predicted octanol–water partition coefficient (Wildman–Crippen LogP) is 2.15. The molecule has 1 aromatic rings. The van der Waals surface area contributed by atoms with Crippen LogP contribution >= 0.6 is 23.2 Å². The van der Waals surface area contributed by atoms with Crippen molar-refractivity contribution < 1.29 is 17.9 Å². The fourth-order valence-electron chi connectivity index (χ4n) is 0.832. The van der Waals surface area contributed by atoms with Gasteiger partial charge >= 0.3 is 0 Å². The predicted molar refractivity (Wildman–Crippen MR) is 52.9 cm³/mol. The number of hydrogen-bond acceptors (Lipinski definition) is 4. The van der Waals surface area contributed by atoms with Crippen molar-refractivity contribution in [2.75, 3.05) is 0 Å².